The Morgan fingerprint density at radius 2 is 2.37 bits per heavy atom. The fourth-order valence-electron chi connectivity index (χ4n) is 1.80. The highest BCUT2D eigenvalue weighted by atomic mass is 16.5. The van der Waals surface area contributed by atoms with Gasteiger partial charge in [0, 0.05) is 6.07 Å². The van der Waals surface area contributed by atoms with Crippen LogP contribution < -0.4 is 4.74 Å². The predicted octanol–water partition coefficient (Wildman–Crippen LogP) is 0.723. The minimum absolute atomic E-state index is 0.192. The van der Waals surface area contributed by atoms with Crippen molar-refractivity contribution in [1.82, 2.24) is 20.1 Å². The Balaban J connectivity index is 1.83. The number of carbonyl (C=O) groups is 1. The lowest BCUT2D eigenvalue weighted by Crippen LogP contribution is -1.99. The second-order valence-corrected chi connectivity index (χ2v) is 4.19. The van der Waals surface area contributed by atoms with Crippen molar-refractivity contribution >= 4 is 5.97 Å². The molecule has 1 aliphatic rings. The Kier molecular flexibility index (Phi) is 2.62. The summed E-state index contributed by atoms with van der Waals surface area (Å²) in [6.45, 7) is 0. The van der Waals surface area contributed by atoms with Crippen LogP contribution in [0.25, 0.3) is 11.5 Å². The van der Waals surface area contributed by atoms with Gasteiger partial charge in [0.25, 0.3) is 0 Å². The molecule has 0 amide bonds. The number of nitrogens with zero attached hydrogens (tertiary/aromatic N) is 4. The third kappa shape index (κ3) is 2.12. The summed E-state index contributed by atoms with van der Waals surface area (Å²) in [6, 6.07) is 1.58. The highest BCUT2D eigenvalue weighted by molar-refractivity contribution is 5.74. The van der Waals surface area contributed by atoms with Gasteiger partial charge in [-0.3, -0.25) is 4.79 Å². The van der Waals surface area contributed by atoms with E-state index in [1.54, 1.807) is 6.07 Å². The van der Waals surface area contributed by atoms with Crippen LogP contribution in [-0.4, -0.2) is 38.3 Å². The van der Waals surface area contributed by atoms with Gasteiger partial charge in [-0.15, -0.1) is 0 Å². The van der Waals surface area contributed by atoms with Crippen molar-refractivity contribution in [3.63, 3.8) is 0 Å². The summed E-state index contributed by atoms with van der Waals surface area (Å²) in [5.74, 6) is -0.429. The molecule has 0 spiro atoms. The normalized spacial score (nSPS) is 21.1. The molecule has 3 rings (SSSR count). The molecular weight excluding hydrogens is 252 g/mol. The molecule has 0 saturated heterocycles. The summed E-state index contributed by atoms with van der Waals surface area (Å²) in [7, 11) is 1.50. The van der Waals surface area contributed by atoms with Crippen LogP contribution in [0.1, 0.15) is 18.2 Å². The summed E-state index contributed by atoms with van der Waals surface area (Å²) in [4.78, 5) is 22.8. The van der Waals surface area contributed by atoms with Gasteiger partial charge in [0.05, 0.1) is 18.9 Å². The van der Waals surface area contributed by atoms with Gasteiger partial charge in [0.1, 0.15) is 12.0 Å². The van der Waals surface area contributed by atoms with E-state index in [1.165, 1.54) is 13.4 Å². The van der Waals surface area contributed by atoms with Crippen LogP contribution in [-0.2, 0) is 4.79 Å². The molecule has 8 heteroatoms. The molecule has 0 radical (unpaired) electrons. The first kappa shape index (κ1) is 11.6. The first-order valence-electron chi connectivity index (χ1n) is 5.62. The van der Waals surface area contributed by atoms with Gasteiger partial charge in [-0.25, -0.2) is 9.97 Å². The lowest BCUT2D eigenvalue weighted by molar-refractivity contribution is -0.138. The molecule has 0 aliphatic heterocycles. The quantitative estimate of drug-likeness (QED) is 0.857. The van der Waals surface area contributed by atoms with Crippen molar-refractivity contribution in [3.8, 4) is 17.4 Å². The molecule has 2 atom stereocenters. The maximum Gasteiger partial charge on any atom is 0.307 e. The number of methoxy groups -OCH3 is 1. The van der Waals surface area contributed by atoms with Crippen molar-refractivity contribution < 1.29 is 19.2 Å². The minimum Gasteiger partial charge on any atom is -0.481 e. The van der Waals surface area contributed by atoms with Crippen molar-refractivity contribution in [2.24, 2.45) is 5.92 Å². The second kappa shape index (κ2) is 4.30. The predicted molar refractivity (Wildman–Crippen MR) is 60.4 cm³/mol. The highest BCUT2D eigenvalue weighted by Gasteiger charge is 2.48. The molecule has 2 heterocycles. The first-order chi connectivity index (χ1) is 9.19. The number of ether oxygens (including phenoxy) is 1. The Morgan fingerprint density at radius 1 is 1.53 bits per heavy atom. The minimum atomic E-state index is -0.839. The standard InChI is InChI=1S/C11H10N4O4/c1-18-8-3-7(12-4-13-8)9-14-10(19-15-9)5-2-6(5)11(16)17/h3-6H,2H2,1H3,(H,16,17). The van der Waals surface area contributed by atoms with E-state index < -0.39 is 11.9 Å². The maximum absolute atomic E-state index is 10.8. The van der Waals surface area contributed by atoms with Crippen molar-refractivity contribution in [2.45, 2.75) is 12.3 Å². The van der Waals surface area contributed by atoms with Gasteiger partial charge in [-0.2, -0.15) is 4.98 Å². The number of carboxylic acid groups (broad SMARTS) is 1. The molecule has 98 valence electrons. The number of aromatic nitrogens is 4. The molecule has 1 fully saturated rings. The number of hydrogen-bond donors (Lipinski definition) is 1. The molecule has 2 unspecified atom stereocenters. The monoisotopic (exact) mass is 262 g/mol. The fourth-order valence-corrected chi connectivity index (χ4v) is 1.80. The molecule has 2 aromatic heterocycles. The van der Waals surface area contributed by atoms with Gasteiger partial charge < -0.3 is 14.4 Å². The van der Waals surface area contributed by atoms with Gasteiger partial charge in [-0.1, -0.05) is 5.16 Å². The SMILES string of the molecule is COc1cc(-c2noc(C3CC3C(=O)O)n2)ncn1. The van der Waals surface area contributed by atoms with Crippen molar-refractivity contribution in [1.29, 1.82) is 0 Å². The molecule has 1 saturated carbocycles. The van der Waals surface area contributed by atoms with Crippen LogP contribution in [0.2, 0.25) is 0 Å². The number of hydrogen-bond acceptors (Lipinski definition) is 7. The average Bonchev–Trinajstić information content (AvgIpc) is 3.09. The van der Waals surface area contributed by atoms with Crippen LogP contribution in [0, 0.1) is 5.92 Å². The van der Waals surface area contributed by atoms with Gasteiger partial charge in [0.15, 0.2) is 0 Å². The molecule has 1 N–H and O–H groups in total. The van der Waals surface area contributed by atoms with Crippen LogP contribution in [0.5, 0.6) is 5.88 Å². The molecule has 1 aliphatic carbocycles. The van der Waals surface area contributed by atoms with Gasteiger partial charge >= 0.3 is 5.97 Å². The van der Waals surface area contributed by atoms with Crippen LogP contribution >= 0.6 is 0 Å². The Hall–Kier alpha value is -2.51. The second-order valence-electron chi connectivity index (χ2n) is 4.19. The molecule has 2 aromatic rings. The molecule has 19 heavy (non-hydrogen) atoms. The first-order valence-corrected chi connectivity index (χ1v) is 5.62. The lowest BCUT2D eigenvalue weighted by Gasteiger charge is -1.97. The van der Waals surface area contributed by atoms with Crippen LogP contribution in [0.15, 0.2) is 16.9 Å². The zero-order valence-electron chi connectivity index (χ0n) is 9.98. The van der Waals surface area contributed by atoms with E-state index in [4.69, 9.17) is 14.4 Å². The summed E-state index contributed by atoms with van der Waals surface area (Å²) in [5.41, 5.74) is 0.467. The van der Waals surface area contributed by atoms with E-state index in [2.05, 4.69) is 20.1 Å². The third-order valence-electron chi connectivity index (χ3n) is 2.95. The molecular formula is C11H10N4O4. The Bertz CT molecular complexity index is 627. The van der Waals surface area contributed by atoms with Crippen molar-refractivity contribution in [2.75, 3.05) is 7.11 Å². The van der Waals surface area contributed by atoms with E-state index in [-0.39, 0.29) is 5.92 Å². The summed E-state index contributed by atoms with van der Waals surface area (Å²) >= 11 is 0. The molecule has 0 aromatic carbocycles. The highest BCUT2D eigenvalue weighted by Crippen LogP contribution is 2.47. The Labute approximate surface area is 107 Å². The van der Waals surface area contributed by atoms with Gasteiger partial charge in [0.2, 0.25) is 17.6 Å². The summed E-state index contributed by atoms with van der Waals surface area (Å²) in [6.07, 6.45) is 1.87. The van der Waals surface area contributed by atoms with E-state index in [9.17, 15) is 4.79 Å². The topological polar surface area (TPSA) is 111 Å². The largest absolute Gasteiger partial charge is 0.481 e. The lowest BCUT2D eigenvalue weighted by atomic mass is 10.3. The van der Waals surface area contributed by atoms with Crippen LogP contribution in [0.4, 0.5) is 0 Å². The molecule has 0 bridgehead atoms. The summed E-state index contributed by atoms with van der Waals surface area (Å²) < 4.78 is 10.0. The third-order valence-corrected chi connectivity index (χ3v) is 2.95. The van der Waals surface area contributed by atoms with Gasteiger partial charge in [-0.05, 0) is 6.42 Å². The van der Waals surface area contributed by atoms with E-state index in [0.29, 0.717) is 29.7 Å². The zero-order chi connectivity index (χ0) is 13.4. The number of carboxylic acids is 1. The van der Waals surface area contributed by atoms with E-state index in [1.807, 2.05) is 0 Å². The fraction of sp³-hybridized carbons (Fsp3) is 0.364. The Morgan fingerprint density at radius 3 is 3.05 bits per heavy atom. The van der Waals surface area contributed by atoms with E-state index in [0.717, 1.165) is 0 Å². The van der Waals surface area contributed by atoms with Crippen LogP contribution in [0.3, 0.4) is 0 Å². The number of aliphatic carboxylic acids is 1. The number of rotatable bonds is 4. The maximum atomic E-state index is 10.8. The smallest absolute Gasteiger partial charge is 0.307 e. The average molecular weight is 262 g/mol. The van der Waals surface area contributed by atoms with Crippen molar-refractivity contribution in [3.05, 3.63) is 18.3 Å². The summed E-state index contributed by atoms with van der Waals surface area (Å²) in [5, 5.41) is 12.6. The zero-order valence-corrected chi connectivity index (χ0v) is 9.98. The molecule has 8 nitrogen and oxygen atoms in total. The van der Waals surface area contributed by atoms with E-state index >= 15 is 0 Å².